The van der Waals surface area contributed by atoms with Crippen LogP contribution < -0.4 is 11.1 Å². The fourth-order valence-corrected chi connectivity index (χ4v) is 4.71. The summed E-state index contributed by atoms with van der Waals surface area (Å²) in [5.41, 5.74) is 18.7. The second kappa shape index (κ2) is 11.4. The van der Waals surface area contributed by atoms with Crippen LogP contribution in [0.5, 0.6) is 0 Å². The van der Waals surface area contributed by atoms with E-state index in [4.69, 9.17) is 20.7 Å². The van der Waals surface area contributed by atoms with Crippen LogP contribution in [0.1, 0.15) is 54.2 Å². The molecule has 2 aromatic carbocycles. The lowest BCUT2D eigenvalue weighted by atomic mass is 9.90. The van der Waals surface area contributed by atoms with Crippen LogP contribution in [0.4, 0.5) is 0 Å². The van der Waals surface area contributed by atoms with Crippen molar-refractivity contribution in [3.8, 4) is 33.6 Å². The van der Waals surface area contributed by atoms with Gasteiger partial charge in [0.15, 0.2) is 0 Å². The molecule has 0 aliphatic heterocycles. The normalized spacial score (nSPS) is 11.0. The van der Waals surface area contributed by atoms with Crippen LogP contribution in [0.2, 0.25) is 0 Å². The highest BCUT2D eigenvalue weighted by molar-refractivity contribution is 5.82. The predicted octanol–water partition coefficient (Wildman–Crippen LogP) is 6.18. The van der Waals surface area contributed by atoms with Gasteiger partial charge in [0, 0.05) is 24.2 Å². The number of nitrogens with two attached hydrogens (primary N) is 1. The van der Waals surface area contributed by atoms with Crippen LogP contribution in [0, 0.1) is 20.8 Å². The first-order chi connectivity index (χ1) is 17.9. The summed E-state index contributed by atoms with van der Waals surface area (Å²) in [6.07, 6.45) is 5.51. The van der Waals surface area contributed by atoms with E-state index in [1.54, 1.807) is 0 Å². The number of aryl methyl sites for hydroxylation is 2. The topological polar surface area (TPSA) is 89.6 Å². The van der Waals surface area contributed by atoms with Crippen molar-refractivity contribution in [2.75, 3.05) is 6.54 Å². The molecule has 0 saturated carbocycles. The smallest absolute Gasteiger partial charge is 0.107 e. The number of hydrogen-bond acceptors (Lipinski definition) is 6. The quantitative estimate of drug-likeness (QED) is 0.290. The molecule has 0 spiro atoms. The lowest BCUT2D eigenvalue weighted by Gasteiger charge is -2.17. The zero-order valence-electron chi connectivity index (χ0n) is 22.5. The van der Waals surface area contributed by atoms with E-state index in [2.05, 4.69) is 81.0 Å². The standard InChI is InChI=1S/C31H36N6/c1-7-15-33-21(5)31-22(6)36-29(18-35-31)25-13-9-11-23(19(25)3)24-12-10-14-26(20(24)4)30-17-34-28(16-32)27(8-2)37-30/h9-14,17-18,33H,5,7-8,15-16,32H2,1-4,6H3. The second-order valence-corrected chi connectivity index (χ2v) is 9.26. The number of nitrogens with one attached hydrogen (secondary N) is 1. The highest BCUT2D eigenvalue weighted by Crippen LogP contribution is 2.36. The third-order valence-corrected chi connectivity index (χ3v) is 6.79. The predicted molar refractivity (Wildman–Crippen MR) is 153 cm³/mol. The van der Waals surface area contributed by atoms with Crippen molar-refractivity contribution < 1.29 is 0 Å². The van der Waals surface area contributed by atoms with Gasteiger partial charge in [-0.3, -0.25) is 9.97 Å². The minimum absolute atomic E-state index is 0.397. The van der Waals surface area contributed by atoms with Crippen LogP contribution >= 0.6 is 0 Å². The molecule has 0 amide bonds. The van der Waals surface area contributed by atoms with Crippen molar-refractivity contribution in [1.29, 1.82) is 0 Å². The third kappa shape index (κ3) is 5.30. The number of nitrogens with zero attached hydrogens (tertiary/aromatic N) is 4. The zero-order chi connectivity index (χ0) is 26.5. The summed E-state index contributed by atoms with van der Waals surface area (Å²) in [6, 6.07) is 12.7. The average molecular weight is 493 g/mol. The third-order valence-electron chi connectivity index (χ3n) is 6.79. The highest BCUT2D eigenvalue weighted by Gasteiger charge is 2.16. The van der Waals surface area contributed by atoms with Crippen molar-refractivity contribution in [2.45, 2.75) is 54.0 Å². The Hall–Kier alpha value is -3.90. The lowest BCUT2D eigenvalue weighted by Crippen LogP contribution is -2.14. The van der Waals surface area contributed by atoms with Gasteiger partial charge in [0.2, 0.25) is 0 Å². The number of benzene rings is 2. The summed E-state index contributed by atoms with van der Waals surface area (Å²) in [6.45, 7) is 15.9. The van der Waals surface area contributed by atoms with E-state index < -0.39 is 0 Å². The first kappa shape index (κ1) is 26.2. The minimum Gasteiger partial charge on any atom is -0.384 e. The van der Waals surface area contributed by atoms with E-state index in [0.29, 0.717) is 6.54 Å². The van der Waals surface area contributed by atoms with Crippen molar-refractivity contribution in [1.82, 2.24) is 25.3 Å². The Labute approximate surface area is 220 Å². The molecule has 6 nitrogen and oxygen atoms in total. The minimum atomic E-state index is 0.397. The Balaban J connectivity index is 1.74. The molecule has 0 bridgehead atoms. The Morgan fingerprint density at radius 1 is 0.811 bits per heavy atom. The molecule has 0 aliphatic carbocycles. The fraction of sp³-hybridized carbons (Fsp3) is 0.290. The van der Waals surface area contributed by atoms with Gasteiger partial charge in [-0.05, 0) is 55.9 Å². The maximum Gasteiger partial charge on any atom is 0.107 e. The van der Waals surface area contributed by atoms with E-state index >= 15 is 0 Å². The Kier molecular flexibility index (Phi) is 8.09. The summed E-state index contributed by atoms with van der Waals surface area (Å²) < 4.78 is 0. The van der Waals surface area contributed by atoms with Gasteiger partial charge >= 0.3 is 0 Å². The zero-order valence-corrected chi connectivity index (χ0v) is 22.5. The molecule has 37 heavy (non-hydrogen) atoms. The SMILES string of the molecule is C=C(NCCC)c1ncc(-c2cccc(-c3cccc(-c4cnc(CN)c(CC)n4)c3C)c2C)nc1C. The molecule has 4 rings (SSSR count). The molecule has 0 radical (unpaired) electrons. The maximum atomic E-state index is 5.86. The van der Waals surface area contributed by atoms with Crippen molar-refractivity contribution in [3.63, 3.8) is 0 Å². The van der Waals surface area contributed by atoms with E-state index in [1.807, 2.05) is 19.3 Å². The molecule has 0 atom stereocenters. The molecule has 2 heterocycles. The van der Waals surface area contributed by atoms with E-state index in [-0.39, 0.29) is 0 Å². The first-order valence-corrected chi connectivity index (χ1v) is 12.9. The summed E-state index contributed by atoms with van der Waals surface area (Å²) >= 11 is 0. The lowest BCUT2D eigenvalue weighted by molar-refractivity contribution is 0.818. The summed E-state index contributed by atoms with van der Waals surface area (Å²) in [4.78, 5) is 19.1. The van der Waals surface area contributed by atoms with E-state index in [0.717, 1.165) is 92.6 Å². The average Bonchev–Trinajstić information content (AvgIpc) is 2.91. The van der Waals surface area contributed by atoms with Crippen LogP contribution in [0.3, 0.4) is 0 Å². The monoisotopic (exact) mass is 492 g/mol. The molecule has 0 aliphatic rings. The molecule has 0 fully saturated rings. The molecule has 190 valence electrons. The number of rotatable bonds is 9. The number of aromatic nitrogens is 4. The molecule has 6 heteroatoms. The van der Waals surface area contributed by atoms with Gasteiger partial charge in [0.25, 0.3) is 0 Å². The molecule has 4 aromatic rings. The summed E-state index contributed by atoms with van der Waals surface area (Å²) in [5, 5.41) is 3.32. The van der Waals surface area contributed by atoms with Crippen molar-refractivity contribution >= 4 is 5.70 Å². The number of hydrogen-bond donors (Lipinski definition) is 2. The van der Waals surface area contributed by atoms with Gasteiger partial charge in [0.05, 0.1) is 46.6 Å². The Bertz CT molecular complexity index is 1440. The van der Waals surface area contributed by atoms with E-state index in [1.165, 1.54) is 0 Å². The molecule has 0 saturated heterocycles. The van der Waals surface area contributed by atoms with Crippen LogP contribution in [0.15, 0.2) is 55.4 Å². The highest BCUT2D eigenvalue weighted by atomic mass is 14.9. The fourth-order valence-electron chi connectivity index (χ4n) is 4.71. The van der Waals surface area contributed by atoms with Crippen molar-refractivity contribution in [2.24, 2.45) is 5.73 Å². The van der Waals surface area contributed by atoms with Crippen LogP contribution in [-0.2, 0) is 13.0 Å². The van der Waals surface area contributed by atoms with Gasteiger partial charge in [-0.25, -0.2) is 9.97 Å². The van der Waals surface area contributed by atoms with Gasteiger partial charge in [-0.2, -0.15) is 0 Å². The largest absolute Gasteiger partial charge is 0.384 e. The molecule has 0 unspecified atom stereocenters. The first-order valence-electron chi connectivity index (χ1n) is 12.9. The molecular formula is C31H36N6. The van der Waals surface area contributed by atoms with Gasteiger partial charge < -0.3 is 11.1 Å². The van der Waals surface area contributed by atoms with Gasteiger partial charge in [0.1, 0.15) is 5.69 Å². The molecular weight excluding hydrogens is 456 g/mol. The van der Waals surface area contributed by atoms with Crippen molar-refractivity contribution in [3.05, 3.63) is 89.3 Å². The van der Waals surface area contributed by atoms with Crippen LogP contribution in [0.25, 0.3) is 39.3 Å². The van der Waals surface area contributed by atoms with Crippen LogP contribution in [-0.4, -0.2) is 26.5 Å². The Morgan fingerprint density at radius 2 is 1.38 bits per heavy atom. The van der Waals surface area contributed by atoms with Gasteiger partial charge in [-0.1, -0.05) is 56.8 Å². The Morgan fingerprint density at radius 3 is 1.92 bits per heavy atom. The van der Waals surface area contributed by atoms with Gasteiger partial charge in [-0.15, -0.1) is 0 Å². The molecule has 2 aromatic heterocycles. The summed E-state index contributed by atoms with van der Waals surface area (Å²) in [7, 11) is 0. The second-order valence-electron chi connectivity index (χ2n) is 9.26. The van der Waals surface area contributed by atoms with E-state index in [9.17, 15) is 0 Å². The summed E-state index contributed by atoms with van der Waals surface area (Å²) in [5.74, 6) is 0. The maximum absolute atomic E-state index is 5.86. The molecule has 3 N–H and O–H groups in total.